The molecule has 0 aliphatic carbocycles. The number of hydrogen-bond acceptors (Lipinski definition) is 1. The molecule has 2 rings (SSSR count). The van der Waals surface area contributed by atoms with Crippen LogP contribution in [0.5, 0.6) is 0 Å². The molecule has 90 valence electrons. The largest absolute Gasteiger partial charge is 0.325 e. The molecule has 0 spiro atoms. The molecular weight excluding hydrogens is 267 g/mol. The average molecular weight is 280 g/mol. The second-order valence-electron chi connectivity index (χ2n) is 3.08. The first-order valence-corrected chi connectivity index (χ1v) is 6.29. The van der Waals surface area contributed by atoms with Gasteiger partial charge in [0.05, 0.1) is 0 Å². The Morgan fingerprint density at radius 1 is 1.06 bits per heavy atom. The van der Waals surface area contributed by atoms with Gasteiger partial charge in [0, 0.05) is 23.2 Å². The van der Waals surface area contributed by atoms with Gasteiger partial charge in [0.1, 0.15) is 0 Å². The molecule has 2 N–H and O–H groups in total. The fourth-order valence-corrected chi connectivity index (χ4v) is 1.76. The molecule has 0 aliphatic rings. The Balaban J connectivity index is 0.000000318. The normalized spacial score (nSPS) is 9.88. The van der Waals surface area contributed by atoms with E-state index in [1.165, 1.54) is 0 Å². The van der Waals surface area contributed by atoms with Gasteiger partial charge >= 0.3 is 7.60 Å². The molecule has 5 heteroatoms. The van der Waals surface area contributed by atoms with Gasteiger partial charge in [0.25, 0.3) is 0 Å². The first-order chi connectivity index (χ1) is 7.08. The fraction of sp³-hybridized carbons (Fsp3) is 0.0909. The van der Waals surface area contributed by atoms with Crippen molar-refractivity contribution in [2.45, 2.75) is 6.16 Å². The van der Waals surface area contributed by atoms with Crippen molar-refractivity contribution in [3.63, 3.8) is 0 Å². The van der Waals surface area contributed by atoms with E-state index in [1.807, 2.05) is 30.3 Å². The zero-order valence-electron chi connectivity index (χ0n) is 8.51. The summed E-state index contributed by atoms with van der Waals surface area (Å²) in [5.41, 5.74) is 0.688. The van der Waals surface area contributed by atoms with Crippen molar-refractivity contribution >= 4 is 7.60 Å². The van der Waals surface area contributed by atoms with Crippen molar-refractivity contribution in [2.24, 2.45) is 0 Å². The van der Waals surface area contributed by atoms with Gasteiger partial charge in [-0.15, -0.1) is 5.56 Å². The molecule has 0 fully saturated rings. The van der Waals surface area contributed by atoms with Gasteiger partial charge in [-0.05, 0) is 0 Å². The zero-order chi connectivity index (χ0) is 11.1. The molecule has 0 aromatic heterocycles. The third-order valence-corrected chi connectivity index (χ3v) is 2.45. The van der Waals surface area contributed by atoms with Crippen molar-refractivity contribution in [1.82, 2.24) is 0 Å². The predicted molar refractivity (Wildman–Crippen MR) is 59.8 cm³/mol. The average Bonchev–Trinajstić information content (AvgIpc) is 2.71. The van der Waals surface area contributed by atoms with E-state index >= 15 is 0 Å². The van der Waals surface area contributed by atoms with Crippen molar-refractivity contribution < 1.29 is 31.4 Å². The van der Waals surface area contributed by atoms with E-state index in [0.717, 1.165) is 0 Å². The van der Waals surface area contributed by atoms with E-state index in [9.17, 15) is 4.57 Å². The van der Waals surface area contributed by atoms with E-state index < -0.39 is 7.60 Å². The molecular formula is C11H13FeO3P-2. The van der Waals surface area contributed by atoms with Gasteiger partial charge in [0.2, 0.25) is 0 Å². The smallest absolute Gasteiger partial charge is 0.318 e. The minimum absolute atomic E-state index is 0. The third kappa shape index (κ3) is 7.63. The van der Waals surface area contributed by atoms with Gasteiger partial charge in [0.15, 0.2) is 0 Å². The molecule has 0 saturated heterocycles. The third-order valence-electron chi connectivity index (χ3n) is 1.68. The molecule has 3 nitrogen and oxygen atoms in total. The van der Waals surface area contributed by atoms with E-state index in [1.54, 1.807) is 24.3 Å². The van der Waals surface area contributed by atoms with Crippen LogP contribution in [0.15, 0.2) is 54.6 Å². The second kappa shape index (κ2) is 7.61. The Labute approximate surface area is 105 Å². The molecule has 0 amide bonds. The van der Waals surface area contributed by atoms with E-state index in [0.29, 0.717) is 5.56 Å². The number of hydrogen-bond donors (Lipinski definition) is 2. The summed E-state index contributed by atoms with van der Waals surface area (Å²) in [5, 5.41) is 0. The van der Waals surface area contributed by atoms with Crippen LogP contribution in [0.1, 0.15) is 5.56 Å². The Hall–Kier alpha value is -0.631. The zero-order valence-corrected chi connectivity index (χ0v) is 10.5. The van der Waals surface area contributed by atoms with Crippen molar-refractivity contribution in [3.05, 3.63) is 60.2 Å². The van der Waals surface area contributed by atoms with Crippen LogP contribution < -0.4 is 0 Å². The van der Waals surface area contributed by atoms with Crippen LogP contribution >= 0.6 is 7.60 Å². The standard InChI is InChI=1S/C6H8O3P.C5H5.Fe/c7-10(8,9)5-6-3-1-2-4-6;1-2-4-5-3-1;/h1-4H,5H2,(H2,7,8,9);1-5H;/q2*-1;. The maximum atomic E-state index is 10.4. The Morgan fingerprint density at radius 2 is 1.56 bits per heavy atom. The van der Waals surface area contributed by atoms with Crippen LogP contribution in [0.4, 0.5) is 0 Å². The summed E-state index contributed by atoms with van der Waals surface area (Å²) in [6.45, 7) is 0. The maximum absolute atomic E-state index is 10.4. The summed E-state index contributed by atoms with van der Waals surface area (Å²) in [7, 11) is -3.85. The molecule has 0 radical (unpaired) electrons. The van der Waals surface area contributed by atoms with E-state index in [2.05, 4.69) is 0 Å². The SMILES string of the molecule is O=P(O)(O)C[c-]1cccc1.[Fe].c1cc[cH-]c1. The van der Waals surface area contributed by atoms with Crippen molar-refractivity contribution in [2.75, 3.05) is 0 Å². The molecule has 0 atom stereocenters. The van der Waals surface area contributed by atoms with Gasteiger partial charge in [-0.3, -0.25) is 4.57 Å². The summed E-state index contributed by atoms with van der Waals surface area (Å²) < 4.78 is 10.4. The van der Waals surface area contributed by atoms with Gasteiger partial charge < -0.3 is 9.79 Å². The van der Waals surface area contributed by atoms with Crippen LogP contribution in [-0.2, 0) is 27.8 Å². The summed E-state index contributed by atoms with van der Waals surface area (Å²) in [6.07, 6.45) is -0.153. The van der Waals surface area contributed by atoms with Crippen LogP contribution in [0.2, 0.25) is 0 Å². The minimum atomic E-state index is -3.85. The summed E-state index contributed by atoms with van der Waals surface area (Å²) in [6, 6.07) is 16.9. The monoisotopic (exact) mass is 280 g/mol. The van der Waals surface area contributed by atoms with Gasteiger partial charge in [-0.25, -0.2) is 24.3 Å². The van der Waals surface area contributed by atoms with Crippen molar-refractivity contribution in [3.8, 4) is 0 Å². The Kier molecular flexibility index (Phi) is 7.31. The van der Waals surface area contributed by atoms with Crippen LogP contribution in [0, 0.1) is 0 Å². The van der Waals surface area contributed by atoms with Gasteiger partial charge in [-0.2, -0.15) is 30.3 Å². The van der Waals surface area contributed by atoms with Crippen LogP contribution in [0.25, 0.3) is 0 Å². The van der Waals surface area contributed by atoms with Crippen LogP contribution in [0.3, 0.4) is 0 Å². The van der Waals surface area contributed by atoms with Crippen LogP contribution in [-0.4, -0.2) is 9.79 Å². The first kappa shape index (κ1) is 15.4. The summed E-state index contributed by atoms with van der Waals surface area (Å²) >= 11 is 0. The van der Waals surface area contributed by atoms with E-state index in [4.69, 9.17) is 9.79 Å². The molecule has 0 aliphatic heterocycles. The minimum Gasteiger partial charge on any atom is -0.325 e. The van der Waals surface area contributed by atoms with Crippen molar-refractivity contribution in [1.29, 1.82) is 0 Å². The second-order valence-corrected chi connectivity index (χ2v) is 4.72. The molecule has 2 aromatic rings. The van der Waals surface area contributed by atoms with Gasteiger partial charge in [-0.1, -0.05) is 0 Å². The van der Waals surface area contributed by atoms with E-state index in [-0.39, 0.29) is 23.2 Å². The maximum Gasteiger partial charge on any atom is 0.318 e. The molecule has 0 heterocycles. The number of rotatable bonds is 2. The Morgan fingerprint density at radius 3 is 1.88 bits per heavy atom. The predicted octanol–water partition coefficient (Wildman–Crippen LogP) is 2.49. The molecule has 0 unspecified atom stereocenters. The quantitative estimate of drug-likeness (QED) is 0.505. The Bertz CT molecular complexity index is 372. The molecule has 0 saturated carbocycles. The molecule has 16 heavy (non-hydrogen) atoms. The molecule has 0 bridgehead atoms. The summed E-state index contributed by atoms with van der Waals surface area (Å²) in [5.74, 6) is 0. The molecule has 2 aromatic carbocycles. The summed E-state index contributed by atoms with van der Waals surface area (Å²) in [4.78, 5) is 17.0. The fourth-order valence-electron chi connectivity index (χ4n) is 1.08. The first-order valence-electron chi connectivity index (χ1n) is 4.50. The topological polar surface area (TPSA) is 57.5 Å².